The van der Waals surface area contributed by atoms with Crippen molar-refractivity contribution in [3.8, 4) is 0 Å². The number of aromatic nitrogens is 2. The number of amides is 1. The van der Waals surface area contributed by atoms with E-state index in [1.807, 2.05) is 4.90 Å². The summed E-state index contributed by atoms with van der Waals surface area (Å²) in [7, 11) is 0. The summed E-state index contributed by atoms with van der Waals surface area (Å²) >= 11 is 1.76. The van der Waals surface area contributed by atoms with Gasteiger partial charge in [0, 0.05) is 42.7 Å². The van der Waals surface area contributed by atoms with Crippen LogP contribution in [0.25, 0.3) is 0 Å². The molecule has 25 heavy (non-hydrogen) atoms. The number of nitrogens with one attached hydrogen (secondary N) is 1. The molecular formula is C18H23N3O3S. The molecule has 1 fully saturated rings. The summed E-state index contributed by atoms with van der Waals surface area (Å²) < 4.78 is 1.38. The van der Waals surface area contributed by atoms with Gasteiger partial charge in [0.2, 0.25) is 5.91 Å². The summed E-state index contributed by atoms with van der Waals surface area (Å²) in [6, 6.07) is 5.79. The third-order valence-corrected chi connectivity index (χ3v) is 5.65. The largest absolute Gasteiger partial charge is 0.340 e. The lowest BCUT2D eigenvalue weighted by Crippen LogP contribution is -2.44. The molecule has 0 bridgehead atoms. The maximum Gasteiger partial charge on any atom is 0.328 e. The Hall–Kier alpha value is -2.15. The lowest BCUT2D eigenvalue weighted by atomic mass is 9.97. The van der Waals surface area contributed by atoms with E-state index in [1.165, 1.54) is 21.7 Å². The number of likely N-dealkylation sites (tertiary alicyclic amines) is 1. The fourth-order valence-corrected chi connectivity index (χ4v) is 4.10. The minimum atomic E-state index is -0.465. The predicted octanol–water partition coefficient (Wildman–Crippen LogP) is 2.00. The van der Waals surface area contributed by atoms with E-state index in [9.17, 15) is 14.4 Å². The van der Waals surface area contributed by atoms with Crippen LogP contribution >= 0.6 is 11.3 Å². The molecule has 0 spiro atoms. The third kappa shape index (κ3) is 4.69. The summed E-state index contributed by atoms with van der Waals surface area (Å²) in [5.74, 6) is 0.0916. The van der Waals surface area contributed by atoms with Crippen LogP contribution in [0.3, 0.4) is 0 Å². The van der Waals surface area contributed by atoms with Gasteiger partial charge in [-0.05, 0) is 43.6 Å². The number of aromatic amines is 1. The van der Waals surface area contributed by atoms with E-state index in [0.717, 1.165) is 38.6 Å². The summed E-state index contributed by atoms with van der Waals surface area (Å²) in [6.45, 7) is 1.09. The van der Waals surface area contributed by atoms with E-state index in [4.69, 9.17) is 0 Å². The molecule has 0 aliphatic carbocycles. The van der Waals surface area contributed by atoms with E-state index in [2.05, 4.69) is 22.5 Å². The van der Waals surface area contributed by atoms with Crippen LogP contribution < -0.4 is 11.2 Å². The lowest BCUT2D eigenvalue weighted by molar-refractivity contribution is -0.135. The minimum absolute atomic E-state index is 0.0916. The smallest absolute Gasteiger partial charge is 0.328 e. The van der Waals surface area contributed by atoms with Crippen LogP contribution in [0.4, 0.5) is 0 Å². The number of H-pyrrole nitrogens is 1. The summed E-state index contributed by atoms with van der Waals surface area (Å²) in [5.41, 5.74) is -0.884. The molecule has 1 atom stereocenters. The second kappa shape index (κ2) is 8.29. The molecule has 1 amide bonds. The molecule has 1 aliphatic rings. The Morgan fingerprint density at radius 1 is 1.28 bits per heavy atom. The topological polar surface area (TPSA) is 75.2 Å². The highest BCUT2D eigenvalue weighted by molar-refractivity contribution is 7.09. The maximum atomic E-state index is 12.7. The van der Waals surface area contributed by atoms with Gasteiger partial charge in [0.25, 0.3) is 5.56 Å². The molecule has 1 aliphatic heterocycles. The number of rotatable bonds is 6. The van der Waals surface area contributed by atoms with E-state index < -0.39 is 11.2 Å². The molecule has 0 radical (unpaired) electrons. The van der Waals surface area contributed by atoms with Crippen LogP contribution in [0.5, 0.6) is 0 Å². The zero-order valence-corrected chi connectivity index (χ0v) is 15.0. The van der Waals surface area contributed by atoms with Crippen molar-refractivity contribution in [2.24, 2.45) is 0 Å². The Morgan fingerprint density at radius 3 is 2.92 bits per heavy atom. The van der Waals surface area contributed by atoms with Crippen LogP contribution in [0, 0.1) is 0 Å². The first-order valence-corrected chi connectivity index (χ1v) is 9.63. The second-order valence-corrected chi connectivity index (χ2v) is 7.44. The number of carbonyl (C=O) groups excluding carboxylic acids is 1. The first kappa shape index (κ1) is 17.7. The molecule has 134 valence electrons. The van der Waals surface area contributed by atoms with E-state index in [1.54, 1.807) is 11.3 Å². The van der Waals surface area contributed by atoms with Gasteiger partial charge >= 0.3 is 5.69 Å². The van der Waals surface area contributed by atoms with Crippen LogP contribution in [-0.4, -0.2) is 32.9 Å². The number of piperidine rings is 1. The highest BCUT2D eigenvalue weighted by atomic mass is 32.1. The summed E-state index contributed by atoms with van der Waals surface area (Å²) in [4.78, 5) is 41.0. The van der Waals surface area contributed by atoms with Crippen molar-refractivity contribution in [1.29, 1.82) is 0 Å². The number of aryl methyl sites for hydroxylation is 2. The monoisotopic (exact) mass is 361 g/mol. The van der Waals surface area contributed by atoms with Crippen LogP contribution in [0.2, 0.25) is 0 Å². The van der Waals surface area contributed by atoms with Crippen LogP contribution in [0.15, 0.2) is 39.4 Å². The van der Waals surface area contributed by atoms with Crippen LogP contribution in [-0.2, 0) is 17.8 Å². The molecule has 0 saturated carbocycles. The number of thiophene rings is 1. The Bertz CT molecular complexity index is 809. The molecule has 2 aromatic rings. The average molecular weight is 361 g/mol. The number of hydrogen-bond acceptors (Lipinski definition) is 4. The van der Waals surface area contributed by atoms with Gasteiger partial charge in [0.1, 0.15) is 0 Å². The molecule has 7 heteroatoms. The Morgan fingerprint density at radius 2 is 2.16 bits per heavy atom. The van der Waals surface area contributed by atoms with E-state index in [-0.39, 0.29) is 18.4 Å². The third-order valence-electron chi connectivity index (χ3n) is 4.71. The van der Waals surface area contributed by atoms with Crippen molar-refractivity contribution in [3.05, 3.63) is 55.5 Å². The van der Waals surface area contributed by atoms with Gasteiger partial charge in [-0.3, -0.25) is 14.6 Å². The Labute approximate surface area is 150 Å². The van der Waals surface area contributed by atoms with Gasteiger partial charge in [-0.2, -0.15) is 0 Å². The number of carbonyl (C=O) groups is 1. The highest BCUT2D eigenvalue weighted by Crippen LogP contribution is 2.23. The maximum absolute atomic E-state index is 12.7. The van der Waals surface area contributed by atoms with Gasteiger partial charge in [-0.1, -0.05) is 6.07 Å². The van der Waals surface area contributed by atoms with Crippen molar-refractivity contribution < 1.29 is 4.79 Å². The fraction of sp³-hybridized carbons (Fsp3) is 0.500. The van der Waals surface area contributed by atoms with Crippen molar-refractivity contribution in [1.82, 2.24) is 14.5 Å². The molecule has 1 saturated heterocycles. The van der Waals surface area contributed by atoms with E-state index >= 15 is 0 Å². The second-order valence-electron chi connectivity index (χ2n) is 6.41. The van der Waals surface area contributed by atoms with Crippen molar-refractivity contribution in [2.75, 3.05) is 6.54 Å². The zero-order valence-electron chi connectivity index (χ0n) is 14.1. The lowest BCUT2D eigenvalue weighted by Gasteiger charge is -2.36. The van der Waals surface area contributed by atoms with E-state index in [0.29, 0.717) is 6.54 Å². The Kier molecular flexibility index (Phi) is 5.86. The van der Waals surface area contributed by atoms with Gasteiger partial charge < -0.3 is 9.47 Å². The molecule has 0 unspecified atom stereocenters. The molecule has 1 N–H and O–H groups in total. The fourth-order valence-electron chi connectivity index (χ4n) is 3.37. The summed E-state index contributed by atoms with van der Waals surface area (Å²) in [5, 5.41) is 2.08. The molecular weight excluding hydrogens is 338 g/mol. The molecule has 6 nitrogen and oxygen atoms in total. The molecule has 0 aromatic carbocycles. The van der Waals surface area contributed by atoms with Gasteiger partial charge in [-0.15, -0.1) is 11.3 Å². The Balaban J connectivity index is 1.58. The average Bonchev–Trinajstić information content (AvgIpc) is 3.13. The number of nitrogens with zero attached hydrogens (tertiary/aromatic N) is 2. The molecule has 3 rings (SSSR count). The van der Waals surface area contributed by atoms with Gasteiger partial charge in [-0.25, -0.2) is 4.79 Å². The summed E-state index contributed by atoms with van der Waals surface area (Å²) in [6.07, 6.45) is 6.98. The molecule has 2 aromatic heterocycles. The quantitative estimate of drug-likeness (QED) is 0.855. The minimum Gasteiger partial charge on any atom is -0.340 e. The number of hydrogen-bond donors (Lipinski definition) is 1. The van der Waals surface area contributed by atoms with Crippen LogP contribution in [0.1, 0.15) is 37.0 Å². The zero-order chi connectivity index (χ0) is 17.6. The van der Waals surface area contributed by atoms with Gasteiger partial charge in [0.05, 0.1) is 0 Å². The van der Waals surface area contributed by atoms with Crippen molar-refractivity contribution >= 4 is 17.2 Å². The standard InChI is InChI=1S/C18H23N3O3S/c22-16-8-11-20(18(24)19-16)12-9-17(23)21-10-2-1-4-14(21)6-7-15-5-3-13-25-15/h3,5,8,11,13-14H,1-2,4,6-7,9-10,12H2,(H,19,22,24)/t14-/m0/s1. The molecule has 3 heterocycles. The predicted molar refractivity (Wildman–Crippen MR) is 97.9 cm³/mol. The first-order valence-electron chi connectivity index (χ1n) is 8.75. The highest BCUT2D eigenvalue weighted by Gasteiger charge is 2.26. The van der Waals surface area contributed by atoms with Crippen molar-refractivity contribution in [2.45, 2.75) is 51.1 Å². The normalized spacial score (nSPS) is 17.6. The van der Waals surface area contributed by atoms with Gasteiger partial charge in [0.15, 0.2) is 0 Å². The first-order chi connectivity index (χ1) is 12.1. The SMILES string of the molecule is O=C(CCn1ccc(=O)[nH]c1=O)N1CCCC[C@H]1CCc1cccs1. The van der Waals surface area contributed by atoms with Crippen molar-refractivity contribution in [3.63, 3.8) is 0 Å².